The zero-order valence-corrected chi connectivity index (χ0v) is 45.1. The maximum atomic E-state index is 12.8. The lowest BCUT2D eigenvalue weighted by atomic mass is 9.82. The van der Waals surface area contributed by atoms with Crippen molar-refractivity contribution in [1.82, 2.24) is 4.57 Å². The first-order valence-electron chi connectivity index (χ1n) is 28.6. The second-order valence-corrected chi connectivity index (χ2v) is 22.4. The number of fused-ring (bicyclic) bond motifs is 6. The first kappa shape index (κ1) is 51.9. The SMILES string of the molecule is CCCCC1(OC(=O)OCCCCc2ccc(N(c3ccc(-c4ccc5c(c4)c4ccccc4n5CCCCOC(=O)OC4(CCCC)CCCC4)cc3)c3ccc4c(c3)C(C)(C)c3ccccc3-4)cc2)CCCC1. The number of aryl methyl sites for hydroxylation is 2. The molecular formula is C67H78N2O6. The molecule has 0 bridgehead atoms. The van der Waals surface area contributed by atoms with Crippen molar-refractivity contribution in [2.45, 2.75) is 173 Å². The average Bonchev–Trinajstić information content (AvgIpc) is 4.22. The fraction of sp³-hybridized carbons (Fsp3) is 0.433. The van der Waals surface area contributed by atoms with Crippen LogP contribution in [0.3, 0.4) is 0 Å². The molecule has 0 aliphatic heterocycles. The van der Waals surface area contributed by atoms with Crippen LogP contribution in [0.2, 0.25) is 0 Å². The predicted octanol–water partition coefficient (Wildman–Crippen LogP) is 18.7. The Bertz CT molecular complexity index is 3060. The van der Waals surface area contributed by atoms with Crippen molar-refractivity contribution in [3.8, 4) is 22.3 Å². The minimum atomic E-state index is -0.507. The number of para-hydroxylation sites is 1. The molecule has 6 aromatic carbocycles. The maximum absolute atomic E-state index is 12.8. The van der Waals surface area contributed by atoms with Gasteiger partial charge in [0.05, 0.1) is 13.2 Å². The fourth-order valence-corrected chi connectivity index (χ4v) is 12.7. The topological polar surface area (TPSA) is 79.2 Å². The summed E-state index contributed by atoms with van der Waals surface area (Å²) in [6.07, 6.45) is 17.7. The van der Waals surface area contributed by atoms with Crippen LogP contribution in [0.25, 0.3) is 44.1 Å². The predicted molar refractivity (Wildman–Crippen MR) is 306 cm³/mol. The zero-order chi connectivity index (χ0) is 51.8. The van der Waals surface area contributed by atoms with Crippen LogP contribution < -0.4 is 4.90 Å². The van der Waals surface area contributed by atoms with Crippen molar-refractivity contribution >= 4 is 51.2 Å². The molecule has 0 saturated heterocycles. The Hall–Kier alpha value is -6.54. The van der Waals surface area contributed by atoms with Gasteiger partial charge in [0.25, 0.3) is 0 Å². The summed E-state index contributed by atoms with van der Waals surface area (Å²) in [6, 6.07) is 49.3. The minimum absolute atomic E-state index is 0.132. The van der Waals surface area contributed by atoms with Gasteiger partial charge in [-0.2, -0.15) is 0 Å². The van der Waals surface area contributed by atoms with Gasteiger partial charge in [-0.15, -0.1) is 0 Å². The molecule has 0 unspecified atom stereocenters. The van der Waals surface area contributed by atoms with E-state index in [0.717, 1.165) is 151 Å². The number of anilines is 3. The van der Waals surface area contributed by atoms with Crippen LogP contribution >= 0.6 is 0 Å². The van der Waals surface area contributed by atoms with Crippen molar-refractivity contribution in [2.24, 2.45) is 0 Å². The summed E-state index contributed by atoms with van der Waals surface area (Å²) in [7, 11) is 0. The summed E-state index contributed by atoms with van der Waals surface area (Å²) in [5.41, 5.74) is 13.8. The monoisotopic (exact) mass is 1010 g/mol. The number of unbranched alkanes of at least 4 members (excludes halogenated alkanes) is 4. The Morgan fingerprint density at radius 1 is 0.520 bits per heavy atom. The minimum Gasteiger partial charge on any atom is -0.434 e. The van der Waals surface area contributed by atoms with Crippen molar-refractivity contribution in [1.29, 1.82) is 0 Å². The summed E-state index contributed by atoms with van der Waals surface area (Å²) >= 11 is 0. The second kappa shape index (κ2) is 23.1. The van der Waals surface area contributed by atoms with E-state index in [0.29, 0.717) is 13.2 Å². The standard InChI is InChI=1S/C67H78N2O6/c1-5-7-38-66(40-14-15-41-66)74-63(70)72-45-19-13-21-49-26-31-52(32-27-49)69(54-35-36-56-55-22-9-11-24-59(55)65(3,4)60(56)48-54)53-33-28-50(29-34-53)51-30-37-62-58(47-51)57-23-10-12-25-61(57)68(62)44-18-20-46-73-64(71)75-67(39-8-6-2)42-16-17-43-67/h9-12,22-37,47-48H,5-8,13-21,38-46H2,1-4H3. The Morgan fingerprint density at radius 3 is 1.72 bits per heavy atom. The maximum Gasteiger partial charge on any atom is 0.508 e. The Kier molecular flexibility index (Phi) is 16.0. The highest BCUT2D eigenvalue weighted by molar-refractivity contribution is 6.09. The van der Waals surface area contributed by atoms with E-state index in [1.54, 1.807) is 0 Å². The summed E-state index contributed by atoms with van der Waals surface area (Å²) in [6.45, 7) is 10.6. The smallest absolute Gasteiger partial charge is 0.434 e. The van der Waals surface area contributed by atoms with Gasteiger partial charge in [0.2, 0.25) is 0 Å². The number of nitrogens with zero attached hydrogens (tertiary/aromatic N) is 2. The number of ether oxygens (including phenoxy) is 4. The van der Waals surface area contributed by atoms with Crippen LogP contribution in [0.5, 0.6) is 0 Å². The van der Waals surface area contributed by atoms with Gasteiger partial charge in [-0.3, -0.25) is 0 Å². The van der Waals surface area contributed by atoms with E-state index in [-0.39, 0.29) is 16.6 Å². The lowest BCUT2D eigenvalue weighted by molar-refractivity contribution is -0.0389. The van der Waals surface area contributed by atoms with Gasteiger partial charge >= 0.3 is 12.3 Å². The van der Waals surface area contributed by atoms with Crippen LogP contribution in [-0.4, -0.2) is 41.3 Å². The molecule has 392 valence electrons. The first-order valence-corrected chi connectivity index (χ1v) is 28.6. The van der Waals surface area contributed by atoms with E-state index in [1.165, 1.54) is 55.2 Å². The highest BCUT2D eigenvalue weighted by Gasteiger charge is 2.39. The number of hydrogen-bond acceptors (Lipinski definition) is 7. The molecule has 8 nitrogen and oxygen atoms in total. The molecule has 8 heteroatoms. The summed E-state index contributed by atoms with van der Waals surface area (Å²) in [4.78, 5) is 27.9. The number of hydrogen-bond donors (Lipinski definition) is 0. The average molecular weight is 1010 g/mol. The van der Waals surface area contributed by atoms with Crippen LogP contribution in [0.15, 0.2) is 133 Å². The fourth-order valence-electron chi connectivity index (χ4n) is 12.7. The highest BCUT2D eigenvalue weighted by atomic mass is 16.7. The van der Waals surface area contributed by atoms with E-state index in [4.69, 9.17) is 18.9 Å². The molecule has 0 atom stereocenters. The van der Waals surface area contributed by atoms with E-state index in [1.807, 2.05) is 0 Å². The van der Waals surface area contributed by atoms with Crippen molar-refractivity contribution < 1.29 is 28.5 Å². The summed E-state index contributed by atoms with van der Waals surface area (Å²) in [5.74, 6) is 0. The second-order valence-electron chi connectivity index (χ2n) is 22.4. The van der Waals surface area contributed by atoms with Crippen LogP contribution in [0, 0.1) is 0 Å². The van der Waals surface area contributed by atoms with Gasteiger partial charge in [0, 0.05) is 50.8 Å². The molecule has 2 fully saturated rings. The van der Waals surface area contributed by atoms with Crippen LogP contribution in [0.1, 0.15) is 160 Å². The number of carbonyl (C=O) groups excluding carboxylic acids is 2. The molecule has 0 N–H and O–H groups in total. The van der Waals surface area contributed by atoms with Crippen molar-refractivity contribution in [3.05, 3.63) is 150 Å². The Morgan fingerprint density at radius 2 is 1.07 bits per heavy atom. The molecule has 1 aromatic heterocycles. The molecule has 0 spiro atoms. The van der Waals surface area contributed by atoms with Gasteiger partial charge < -0.3 is 28.4 Å². The number of rotatable bonds is 22. The third-order valence-electron chi connectivity index (χ3n) is 16.9. The number of aromatic nitrogens is 1. The quantitative estimate of drug-likeness (QED) is 0.0494. The number of carbonyl (C=O) groups is 2. The van der Waals surface area contributed by atoms with Gasteiger partial charge in [0.15, 0.2) is 0 Å². The molecule has 0 amide bonds. The van der Waals surface area contributed by atoms with Crippen LogP contribution in [-0.2, 0) is 37.3 Å². The molecular weight excluding hydrogens is 929 g/mol. The van der Waals surface area contributed by atoms with E-state index < -0.39 is 12.3 Å². The molecule has 3 aliphatic carbocycles. The largest absolute Gasteiger partial charge is 0.508 e. The number of benzene rings is 6. The Balaban J connectivity index is 0.833. The van der Waals surface area contributed by atoms with E-state index in [2.05, 4.69) is 171 Å². The first-order chi connectivity index (χ1) is 36.6. The molecule has 10 rings (SSSR count). The lowest BCUT2D eigenvalue weighted by Gasteiger charge is -2.28. The van der Waals surface area contributed by atoms with Crippen molar-refractivity contribution in [3.63, 3.8) is 0 Å². The van der Waals surface area contributed by atoms with Crippen molar-refractivity contribution in [2.75, 3.05) is 18.1 Å². The highest BCUT2D eigenvalue weighted by Crippen LogP contribution is 2.51. The van der Waals surface area contributed by atoms with E-state index in [9.17, 15) is 9.59 Å². The third kappa shape index (κ3) is 11.4. The van der Waals surface area contributed by atoms with Gasteiger partial charge in [-0.25, -0.2) is 9.59 Å². The summed E-state index contributed by atoms with van der Waals surface area (Å²) < 4.78 is 25.6. The zero-order valence-electron chi connectivity index (χ0n) is 45.1. The van der Waals surface area contributed by atoms with Gasteiger partial charge in [-0.1, -0.05) is 119 Å². The van der Waals surface area contributed by atoms with Gasteiger partial charge in [0.1, 0.15) is 11.2 Å². The molecule has 2 saturated carbocycles. The molecule has 75 heavy (non-hydrogen) atoms. The van der Waals surface area contributed by atoms with Gasteiger partial charge in [-0.05, 0) is 203 Å². The summed E-state index contributed by atoms with van der Waals surface area (Å²) in [5, 5.41) is 2.47. The van der Waals surface area contributed by atoms with Crippen LogP contribution in [0.4, 0.5) is 26.7 Å². The van der Waals surface area contributed by atoms with E-state index >= 15 is 0 Å². The lowest BCUT2D eigenvalue weighted by Crippen LogP contribution is -2.32. The molecule has 7 aromatic rings. The molecule has 0 radical (unpaired) electrons. The molecule has 3 aliphatic rings. The Labute approximate surface area is 445 Å². The molecule has 1 heterocycles. The third-order valence-corrected chi connectivity index (χ3v) is 16.9. The normalized spacial score (nSPS) is 15.9.